The quantitative estimate of drug-likeness (QED) is 0.670. The molecule has 0 aliphatic carbocycles. The minimum atomic E-state index is 0.372. The van der Waals surface area contributed by atoms with Crippen LogP contribution in [0.4, 0.5) is 0 Å². The second-order valence-electron chi connectivity index (χ2n) is 4.25. The van der Waals surface area contributed by atoms with Gasteiger partial charge in [0, 0.05) is 10.5 Å². The van der Waals surface area contributed by atoms with Crippen molar-refractivity contribution in [2.24, 2.45) is 0 Å². The molecule has 0 fully saturated rings. The smallest absolute Gasteiger partial charge is 0.0595 e. The van der Waals surface area contributed by atoms with E-state index in [1.165, 1.54) is 24.8 Å². The van der Waals surface area contributed by atoms with Gasteiger partial charge in [-0.25, -0.2) is 0 Å². The van der Waals surface area contributed by atoms with Crippen LogP contribution in [0.5, 0.6) is 0 Å². The molecule has 1 atom stereocenters. The van der Waals surface area contributed by atoms with Gasteiger partial charge in [-0.15, -0.1) is 0 Å². The van der Waals surface area contributed by atoms with E-state index in [1.807, 2.05) is 6.07 Å². The van der Waals surface area contributed by atoms with Gasteiger partial charge >= 0.3 is 0 Å². The first kappa shape index (κ1) is 15.0. The number of hydrogen-bond acceptors (Lipinski definition) is 1. The van der Waals surface area contributed by atoms with E-state index in [0.29, 0.717) is 6.04 Å². The van der Waals surface area contributed by atoms with Crippen LogP contribution in [-0.2, 0) is 0 Å². The van der Waals surface area contributed by atoms with E-state index in [4.69, 9.17) is 11.6 Å². The summed E-state index contributed by atoms with van der Waals surface area (Å²) in [5, 5.41) is 4.36. The van der Waals surface area contributed by atoms with Crippen molar-refractivity contribution in [2.75, 3.05) is 6.54 Å². The second kappa shape index (κ2) is 8.12. The van der Waals surface area contributed by atoms with E-state index in [-0.39, 0.29) is 0 Å². The first-order valence-electron chi connectivity index (χ1n) is 6.38. The molecule has 1 rings (SSSR count). The molecule has 3 heteroatoms. The number of halogens is 2. The molecule has 0 bridgehead atoms. The number of rotatable bonds is 7. The van der Waals surface area contributed by atoms with Crippen LogP contribution in [0, 0.1) is 0 Å². The monoisotopic (exact) mass is 317 g/mol. The third-order valence-electron chi connectivity index (χ3n) is 2.90. The molecule has 0 aromatic heterocycles. The summed E-state index contributed by atoms with van der Waals surface area (Å²) in [6, 6.07) is 6.53. The molecule has 1 aromatic carbocycles. The van der Waals surface area contributed by atoms with Crippen molar-refractivity contribution in [3.63, 3.8) is 0 Å². The zero-order valence-electron chi connectivity index (χ0n) is 10.6. The van der Waals surface area contributed by atoms with Gasteiger partial charge < -0.3 is 5.32 Å². The van der Waals surface area contributed by atoms with Gasteiger partial charge in [0.25, 0.3) is 0 Å². The van der Waals surface area contributed by atoms with Crippen molar-refractivity contribution in [1.82, 2.24) is 5.32 Å². The highest BCUT2D eigenvalue weighted by Crippen LogP contribution is 2.32. The third kappa shape index (κ3) is 4.61. The van der Waals surface area contributed by atoms with Crippen LogP contribution in [-0.4, -0.2) is 6.54 Å². The first-order chi connectivity index (χ1) is 8.20. The lowest BCUT2D eigenvalue weighted by Gasteiger charge is -2.20. The molecule has 0 aliphatic rings. The second-order valence-corrected chi connectivity index (χ2v) is 5.48. The molecule has 0 saturated carbocycles. The Morgan fingerprint density at radius 1 is 1.29 bits per heavy atom. The molecule has 1 nitrogen and oxygen atoms in total. The Morgan fingerprint density at radius 2 is 2.06 bits per heavy atom. The maximum Gasteiger partial charge on any atom is 0.0595 e. The summed E-state index contributed by atoms with van der Waals surface area (Å²) in [5.41, 5.74) is 1.21. The average molecular weight is 319 g/mol. The van der Waals surface area contributed by atoms with Gasteiger partial charge in [-0.1, -0.05) is 56.8 Å². The van der Waals surface area contributed by atoms with Crippen molar-refractivity contribution >= 4 is 27.5 Å². The van der Waals surface area contributed by atoms with E-state index in [0.717, 1.165) is 22.5 Å². The van der Waals surface area contributed by atoms with Crippen LogP contribution in [0.1, 0.15) is 51.1 Å². The standard InChI is InChI=1S/C14H21BrClN/c1-3-5-6-10-13(17-4-2)11-8-7-9-12(15)14(11)16/h7-9,13,17H,3-6,10H2,1-2H3. The van der Waals surface area contributed by atoms with Gasteiger partial charge in [0.15, 0.2) is 0 Å². The maximum atomic E-state index is 6.35. The summed E-state index contributed by atoms with van der Waals surface area (Å²) >= 11 is 9.84. The van der Waals surface area contributed by atoms with Gasteiger partial charge in [-0.3, -0.25) is 0 Å². The maximum absolute atomic E-state index is 6.35. The van der Waals surface area contributed by atoms with Crippen molar-refractivity contribution in [1.29, 1.82) is 0 Å². The molecule has 1 unspecified atom stereocenters. The zero-order chi connectivity index (χ0) is 12.7. The predicted molar refractivity (Wildman–Crippen MR) is 79.7 cm³/mol. The SMILES string of the molecule is CCCCCC(NCC)c1cccc(Br)c1Cl. The molecule has 0 heterocycles. The Bertz CT molecular complexity index is 341. The van der Waals surface area contributed by atoms with Crippen LogP contribution in [0.2, 0.25) is 5.02 Å². The van der Waals surface area contributed by atoms with Crippen molar-refractivity contribution in [3.05, 3.63) is 33.3 Å². The highest BCUT2D eigenvalue weighted by molar-refractivity contribution is 9.10. The van der Waals surface area contributed by atoms with Crippen LogP contribution >= 0.6 is 27.5 Å². The molecule has 0 aliphatic heterocycles. The van der Waals surface area contributed by atoms with Crippen molar-refractivity contribution in [2.45, 2.75) is 45.6 Å². The number of nitrogens with one attached hydrogen (secondary N) is 1. The highest BCUT2D eigenvalue weighted by atomic mass is 79.9. The minimum Gasteiger partial charge on any atom is -0.310 e. The van der Waals surface area contributed by atoms with E-state index in [1.54, 1.807) is 0 Å². The molecule has 1 N–H and O–H groups in total. The summed E-state index contributed by atoms with van der Waals surface area (Å²) in [6.45, 7) is 5.34. The van der Waals surface area contributed by atoms with Gasteiger partial charge in [-0.05, 0) is 40.5 Å². The normalized spacial score (nSPS) is 12.7. The highest BCUT2D eigenvalue weighted by Gasteiger charge is 2.14. The molecule has 96 valence electrons. The molecular weight excluding hydrogens is 298 g/mol. The van der Waals surface area contributed by atoms with Gasteiger partial charge in [0.1, 0.15) is 0 Å². The van der Waals surface area contributed by atoms with Crippen LogP contribution in [0.15, 0.2) is 22.7 Å². The number of hydrogen-bond donors (Lipinski definition) is 1. The Labute approximate surface area is 118 Å². The summed E-state index contributed by atoms with van der Waals surface area (Å²) < 4.78 is 0.982. The fourth-order valence-electron chi connectivity index (χ4n) is 2.00. The molecular formula is C14H21BrClN. The topological polar surface area (TPSA) is 12.0 Å². The summed E-state index contributed by atoms with van der Waals surface area (Å²) in [6.07, 6.45) is 4.94. The Balaban J connectivity index is 2.77. The molecule has 0 radical (unpaired) electrons. The predicted octanol–water partition coefficient (Wildman–Crippen LogP) is 5.33. The minimum absolute atomic E-state index is 0.372. The van der Waals surface area contributed by atoms with E-state index in [9.17, 15) is 0 Å². The van der Waals surface area contributed by atoms with E-state index >= 15 is 0 Å². The Kier molecular flexibility index (Phi) is 7.17. The molecule has 1 aromatic rings. The lowest BCUT2D eigenvalue weighted by Crippen LogP contribution is -2.21. The summed E-state index contributed by atoms with van der Waals surface area (Å²) in [5.74, 6) is 0. The van der Waals surface area contributed by atoms with Gasteiger partial charge in [-0.2, -0.15) is 0 Å². The molecule has 0 amide bonds. The van der Waals surface area contributed by atoms with Crippen LogP contribution < -0.4 is 5.32 Å². The van der Waals surface area contributed by atoms with Crippen molar-refractivity contribution in [3.8, 4) is 0 Å². The van der Waals surface area contributed by atoms with Crippen LogP contribution in [0.25, 0.3) is 0 Å². The number of unbranched alkanes of at least 4 members (excludes halogenated alkanes) is 2. The molecule has 0 saturated heterocycles. The van der Waals surface area contributed by atoms with E-state index in [2.05, 4.69) is 47.2 Å². The Morgan fingerprint density at radius 3 is 2.71 bits per heavy atom. The summed E-state index contributed by atoms with van der Waals surface area (Å²) in [4.78, 5) is 0. The molecule has 17 heavy (non-hydrogen) atoms. The van der Waals surface area contributed by atoms with E-state index < -0.39 is 0 Å². The van der Waals surface area contributed by atoms with Crippen molar-refractivity contribution < 1.29 is 0 Å². The Hall–Kier alpha value is -0.0500. The van der Waals surface area contributed by atoms with Gasteiger partial charge in [0.2, 0.25) is 0 Å². The largest absolute Gasteiger partial charge is 0.310 e. The fraction of sp³-hybridized carbons (Fsp3) is 0.571. The zero-order valence-corrected chi connectivity index (χ0v) is 12.9. The average Bonchev–Trinajstić information content (AvgIpc) is 2.32. The molecule has 0 spiro atoms. The first-order valence-corrected chi connectivity index (χ1v) is 7.55. The number of benzene rings is 1. The summed E-state index contributed by atoms with van der Waals surface area (Å²) in [7, 11) is 0. The lowest BCUT2D eigenvalue weighted by atomic mass is 10.0. The third-order valence-corrected chi connectivity index (χ3v) is 4.21. The fourth-order valence-corrected chi connectivity index (χ4v) is 2.64. The van der Waals surface area contributed by atoms with Crippen LogP contribution in [0.3, 0.4) is 0 Å². The lowest BCUT2D eigenvalue weighted by molar-refractivity contribution is 0.486. The van der Waals surface area contributed by atoms with Gasteiger partial charge in [0.05, 0.1) is 5.02 Å².